The van der Waals surface area contributed by atoms with Crippen LogP contribution in [0.4, 0.5) is 0 Å². The van der Waals surface area contributed by atoms with Gasteiger partial charge in [0.2, 0.25) is 0 Å². The summed E-state index contributed by atoms with van der Waals surface area (Å²) >= 11 is 18.5. The molecule has 0 radical (unpaired) electrons. The van der Waals surface area contributed by atoms with E-state index in [2.05, 4.69) is 31.6 Å². The van der Waals surface area contributed by atoms with E-state index < -0.39 is 17.9 Å². The number of hydrogen-bond acceptors (Lipinski definition) is 7. The van der Waals surface area contributed by atoms with Gasteiger partial charge in [0.15, 0.2) is 5.92 Å². The molecular weight excluding hydrogens is 500 g/mol. The van der Waals surface area contributed by atoms with Crippen molar-refractivity contribution in [2.24, 2.45) is 5.92 Å². The normalized spacial score (nSPS) is 10.4. The highest BCUT2D eigenvalue weighted by Crippen LogP contribution is 2.26. The van der Waals surface area contributed by atoms with Gasteiger partial charge in [-0.3, -0.25) is 9.59 Å². The molecule has 0 bridgehead atoms. The number of aromatic nitrogens is 1. The van der Waals surface area contributed by atoms with Gasteiger partial charge in [-0.05, 0) is 23.8 Å². The number of benzene rings is 1. The van der Waals surface area contributed by atoms with Crippen molar-refractivity contribution < 1.29 is 19.1 Å². The van der Waals surface area contributed by atoms with Crippen LogP contribution in [0.3, 0.4) is 0 Å². The molecule has 0 saturated heterocycles. The van der Waals surface area contributed by atoms with Gasteiger partial charge in [0.05, 0.1) is 23.6 Å². The van der Waals surface area contributed by atoms with E-state index >= 15 is 0 Å². The summed E-state index contributed by atoms with van der Waals surface area (Å²) in [7, 11) is 2.43. The van der Waals surface area contributed by atoms with Crippen LogP contribution in [-0.2, 0) is 25.6 Å². The van der Waals surface area contributed by atoms with Gasteiger partial charge in [0.25, 0.3) is 0 Å². The van der Waals surface area contributed by atoms with E-state index in [1.807, 2.05) is 30.3 Å². The molecule has 3 rings (SSSR count). The lowest BCUT2D eigenvalue weighted by molar-refractivity contribution is -0.158. The van der Waals surface area contributed by atoms with Gasteiger partial charge in [0.1, 0.15) is 9.82 Å². The fraction of sp³-hybridized carbons (Fsp3) is 0.217. The number of nitrogens with one attached hydrogen (secondary N) is 2. The lowest BCUT2D eigenvalue weighted by Gasteiger charge is -2.09. The van der Waals surface area contributed by atoms with Crippen LogP contribution < -0.4 is 5.32 Å². The van der Waals surface area contributed by atoms with Gasteiger partial charge >= 0.3 is 11.9 Å². The Morgan fingerprint density at radius 3 is 2.52 bits per heavy atom. The number of methoxy groups -OCH3 is 2. The molecule has 0 spiro atoms. The first-order valence-electron chi connectivity index (χ1n) is 9.66. The first kappa shape index (κ1) is 24.9. The molecule has 33 heavy (non-hydrogen) atoms. The van der Waals surface area contributed by atoms with Crippen molar-refractivity contribution in [3.05, 3.63) is 62.1 Å². The van der Waals surface area contributed by atoms with Crippen LogP contribution >= 0.6 is 47.4 Å². The van der Waals surface area contributed by atoms with Crippen LogP contribution in [-0.4, -0.2) is 36.1 Å². The summed E-state index contributed by atoms with van der Waals surface area (Å²) < 4.78 is 9.90. The number of pyridine rings is 1. The Balaban J connectivity index is 1.76. The number of esters is 2. The number of H-pyrrole nitrogens is 1. The third-order valence-corrected chi connectivity index (χ3v) is 6.71. The van der Waals surface area contributed by atoms with Crippen molar-refractivity contribution in [2.75, 3.05) is 14.2 Å². The molecule has 0 aliphatic carbocycles. The number of carbonyl (C=O) groups is 2. The highest BCUT2D eigenvalue weighted by Gasteiger charge is 2.27. The number of thiocarbonyl (C=S) groups is 1. The summed E-state index contributed by atoms with van der Waals surface area (Å²) in [5.41, 5.74) is 1.76. The predicted octanol–water partition coefficient (Wildman–Crippen LogP) is 4.78. The van der Waals surface area contributed by atoms with E-state index in [1.165, 1.54) is 25.6 Å². The molecule has 6 nitrogen and oxygen atoms in total. The molecule has 1 aromatic carbocycles. The maximum absolute atomic E-state index is 11.8. The summed E-state index contributed by atoms with van der Waals surface area (Å²) in [6, 6.07) is 9.37. The average Bonchev–Trinajstić information content (AvgIpc) is 3.24. The van der Waals surface area contributed by atoms with Gasteiger partial charge in [-0.25, -0.2) is 0 Å². The molecule has 3 aromatic rings. The molecule has 0 aliphatic rings. The Morgan fingerprint density at radius 2 is 1.88 bits per heavy atom. The van der Waals surface area contributed by atoms with E-state index in [0.717, 1.165) is 26.2 Å². The van der Waals surface area contributed by atoms with Crippen LogP contribution in [0.1, 0.15) is 22.4 Å². The van der Waals surface area contributed by atoms with Crippen LogP contribution in [0.15, 0.2) is 36.5 Å². The number of carbonyl (C=O) groups excluding carboxylic acids is 2. The molecule has 10 heteroatoms. The van der Waals surface area contributed by atoms with Crippen molar-refractivity contribution in [1.82, 2.24) is 10.3 Å². The monoisotopic (exact) mass is 518 g/mol. The minimum atomic E-state index is -1.08. The molecule has 0 fully saturated rings. The predicted molar refractivity (Wildman–Crippen MR) is 136 cm³/mol. The summed E-state index contributed by atoms with van der Waals surface area (Å²) in [6.45, 7) is 0.546. The smallest absolute Gasteiger partial charge is 0.321 e. The van der Waals surface area contributed by atoms with Crippen molar-refractivity contribution in [1.29, 1.82) is 0 Å². The summed E-state index contributed by atoms with van der Waals surface area (Å²) in [6.07, 6.45) is 1.77. The molecule has 0 atom stereocenters. The lowest BCUT2D eigenvalue weighted by atomic mass is 10.1. The topological polar surface area (TPSA) is 80.4 Å². The van der Waals surface area contributed by atoms with Crippen molar-refractivity contribution >= 4 is 74.5 Å². The van der Waals surface area contributed by atoms with E-state index in [9.17, 15) is 9.59 Å². The van der Waals surface area contributed by atoms with Gasteiger partial charge in [-0.1, -0.05) is 60.0 Å². The Hall–Kier alpha value is -2.77. The fourth-order valence-electron chi connectivity index (χ4n) is 2.91. The van der Waals surface area contributed by atoms with E-state index in [1.54, 1.807) is 6.20 Å². The maximum atomic E-state index is 11.8. The highest BCUT2D eigenvalue weighted by molar-refractivity contribution is 7.80. The maximum Gasteiger partial charge on any atom is 0.321 e. The minimum Gasteiger partial charge on any atom is -0.468 e. The molecule has 2 heterocycles. The zero-order valence-electron chi connectivity index (χ0n) is 17.7. The molecule has 0 amide bonds. The molecule has 2 aromatic heterocycles. The number of rotatable bonds is 6. The van der Waals surface area contributed by atoms with Crippen LogP contribution in [0, 0.1) is 22.3 Å². The largest absolute Gasteiger partial charge is 0.468 e. The van der Waals surface area contributed by atoms with E-state index in [-0.39, 0.29) is 6.42 Å². The molecule has 170 valence electrons. The van der Waals surface area contributed by atoms with E-state index in [4.69, 9.17) is 36.0 Å². The number of thiophene rings is 1. The Kier molecular flexibility index (Phi) is 8.58. The Morgan fingerprint density at radius 1 is 1.21 bits per heavy atom. The standard InChI is InChI=1S/C23H19ClN2O4S3/c1-29-22(27)16(23(28)30-2)5-3-4-15-10-17-19(31)18(12-26-21(17)33-15)20(32)25-11-13-6-8-14(24)9-7-13/h6-10,12,16H,5,11H2,1-2H3,(H,25,32)(H,26,31). The second-order valence-corrected chi connectivity index (χ2v) is 9.10. The Labute approximate surface area is 210 Å². The van der Waals surface area contributed by atoms with Crippen LogP contribution in [0.5, 0.6) is 0 Å². The summed E-state index contributed by atoms with van der Waals surface area (Å²) in [5, 5.41) is 4.72. The van der Waals surface area contributed by atoms with Gasteiger partial charge in [-0.2, -0.15) is 0 Å². The molecule has 2 N–H and O–H groups in total. The zero-order valence-corrected chi connectivity index (χ0v) is 20.9. The molecular formula is C23H19ClN2O4S3. The van der Waals surface area contributed by atoms with Gasteiger partial charge in [-0.15, -0.1) is 11.3 Å². The Bertz CT molecular complexity index is 1300. The van der Waals surface area contributed by atoms with Crippen molar-refractivity contribution in [3.8, 4) is 11.8 Å². The van der Waals surface area contributed by atoms with Gasteiger partial charge < -0.3 is 19.8 Å². The molecule has 0 unspecified atom stereocenters. The first-order chi connectivity index (χ1) is 15.8. The summed E-state index contributed by atoms with van der Waals surface area (Å²) in [5.74, 6) is 3.38. The zero-order chi connectivity index (χ0) is 24.0. The van der Waals surface area contributed by atoms with Crippen molar-refractivity contribution in [2.45, 2.75) is 13.0 Å². The van der Waals surface area contributed by atoms with E-state index in [0.29, 0.717) is 21.1 Å². The van der Waals surface area contributed by atoms with Crippen molar-refractivity contribution in [3.63, 3.8) is 0 Å². The van der Waals surface area contributed by atoms with Gasteiger partial charge in [0, 0.05) is 35.1 Å². The second-order valence-electron chi connectivity index (χ2n) is 6.80. The third kappa shape index (κ3) is 6.18. The minimum absolute atomic E-state index is 0.0119. The first-order valence-corrected chi connectivity index (χ1v) is 11.7. The number of ether oxygens (including phenoxy) is 2. The quantitative estimate of drug-likeness (QED) is 0.210. The number of fused-ring (bicyclic) bond motifs is 1. The fourth-order valence-corrected chi connectivity index (χ4v) is 4.63. The number of aromatic amines is 1. The van der Waals surface area contributed by atoms with Crippen LogP contribution in [0.25, 0.3) is 10.2 Å². The third-order valence-electron chi connectivity index (χ3n) is 4.67. The molecule has 0 saturated carbocycles. The lowest BCUT2D eigenvalue weighted by Crippen LogP contribution is -2.26. The SMILES string of the molecule is COC(=O)C(CC#Cc1cc2c(=S)c(C(=S)NCc3ccc(Cl)cc3)c[nH]c2s1)C(=O)OC. The second kappa shape index (κ2) is 11.4. The average molecular weight is 519 g/mol. The highest BCUT2D eigenvalue weighted by atomic mass is 35.5. The number of hydrogen-bond donors (Lipinski definition) is 2. The number of halogens is 1. The molecule has 0 aliphatic heterocycles. The summed E-state index contributed by atoms with van der Waals surface area (Å²) in [4.78, 5) is 28.9. The van der Waals surface area contributed by atoms with Crippen LogP contribution in [0.2, 0.25) is 5.02 Å².